The molecule has 6 heteroatoms. The van der Waals surface area contributed by atoms with Crippen LogP contribution >= 0.6 is 0 Å². The molecule has 6 nitrogen and oxygen atoms in total. The van der Waals surface area contributed by atoms with Gasteiger partial charge in [0, 0.05) is 6.42 Å². The van der Waals surface area contributed by atoms with E-state index in [1.807, 2.05) is 0 Å². The van der Waals surface area contributed by atoms with E-state index < -0.39 is 29.3 Å². The Morgan fingerprint density at radius 3 is 1.89 bits per heavy atom. The molecule has 0 aliphatic carbocycles. The number of nitrogens with one attached hydrogen (secondary N) is 1. The molecule has 0 aliphatic rings. The predicted octanol–water partition coefficient (Wildman–Crippen LogP) is 1.81. The van der Waals surface area contributed by atoms with Gasteiger partial charge in [0.25, 0.3) is 0 Å². The lowest BCUT2D eigenvalue weighted by atomic mass is 10.1. The van der Waals surface area contributed by atoms with E-state index in [1.165, 1.54) is 0 Å². The van der Waals surface area contributed by atoms with Crippen LogP contribution in [0.5, 0.6) is 0 Å². The van der Waals surface area contributed by atoms with E-state index >= 15 is 0 Å². The number of alkyl carbamates (subject to hydrolysis) is 1. The van der Waals surface area contributed by atoms with Gasteiger partial charge in [-0.1, -0.05) is 0 Å². The van der Waals surface area contributed by atoms with E-state index in [2.05, 4.69) is 5.32 Å². The molecule has 0 rings (SSSR count). The molecule has 1 amide bonds. The van der Waals surface area contributed by atoms with Crippen LogP contribution in [-0.4, -0.2) is 35.6 Å². The minimum absolute atomic E-state index is 0.159. The van der Waals surface area contributed by atoms with Crippen molar-refractivity contribution in [3.63, 3.8) is 0 Å². The summed E-state index contributed by atoms with van der Waals surface area (Å²) in [5.41, 5.74) is -1.36. The lowest BCUT2D eigenvalue weighted by Crippen LogP contribution is -2.46. The van der Waals surface area contributed by atoms with Gasteiger partial charge in [-0.05, 0) is 41.5 Å². The highest BCUT2D eigenvalue weighted by atomic mass is 16.6. The molecule has 0 fully saturated rings. The molecule has 1 unspecified atom stereocenters. The largest absolute Gasteiger partial charge is 0.458 e. The SMILES string of the molecule is CC(C)(C)OC(=O)NC(CC=O)C(=O)OC(C)(C)C. The second-order valence-corrected chi connectivity index (χ2v) is 6.13. The summed E-state index contributed by atoms with van der Waals surface area (Å²) in [4.78, 5) is 33.9. The van der Waals surface area contributed by atoms with Crippen LogP contribution in [0.3, 0.4) is 0 Å². The van der Waals surface area contributed by atoms with E-state index in [9.17, 15) is 14.4 Å². The molecule has 0 bridgehead atoms. The lowest BCUT2D eigenvalue weighted by molar-refractivity contribution is -0.158. The van der Waals surface area contributed by atoms with Gasteiger partial charge in [0.1, 0.15) is 23.5 Å². The fourth-order valence-electron chi connectivity index (χ4n) is 1.13. The van der Waals surface area contributed by atoms with Crippen LogP contribution in [-0.2, 0) is 19.1 Å². The van der Waals surface area contributed by atoms with Crippen LogP contribution in [0.4, 0.5) is 4.79 Å². The summed E-state index contributed by atoms with van der Waals surface area (Å²) in [5.74, 6) is -0.662. The molecular weight excluding hydrogens is 250 g/mol. The van der Waals surface area contributed by atoms with Gasteiger partial charge in [0.2, 0.25) is 0 Å². The molecule has 0 aromatic carbocycles. The van der Waals surface area contributed by atoms with Crippen molar-refractivity contribution in [2.45, 2.75) is 65.2 Å². The molecule has 1 atom stereocenters. The molecule has 0 aliphatic heterocycles. The van der Waals surface area contributed by atoms with Crippen LogP contribution < -0.4 is 5.32 Å². The average molecular weight is 273 g/mol. The number of carbonyl (C=O) groups excluding carboxylic acids is 3. The zero-order valence-corrected chi connectivity index (χ0v) is 12.4. The summed E-state index contributed by atoms with van der Waals surface area (Å²) in [6.45, 7) is 10.2. The van der Waals surface area contributed by atoms with E-state index in [1.54, 1.807) is 41.5 Å². The topological polar surface area (TPSA) is 81.7 Å². The van der Waals surface area contributed by atoms with Crippen molar-refractivity contribution >= 4 is 18.3 Å². The number of ether oxygens (including phenoxy) is 2. The zero-order valence-electron chi connectivity index (χ0n) is 12.4. The molecule has 110 valence electrons. The predicted molar refractivity (Wildman–Crippen MR) is 69.7 cm³/mol. The van der Waals surface area contributed by atoms with Crippen molar-refractivity contribution in [2.24, 2.45) is 0 Å². The van der Waals surface area contributed by atoms with E-state index in [4.69, 9.17) is 9.47 Å². The van der Waals surface area contributed by atoms with Gasteiger partial charge in [-0.25, -0.2) is 9.59 Å². The standard InChI is InChI=1S/C13H23NO5/c1-12(2,3)18-10(16)9(7-8-15)14-11(17)19-13(4,5)6/h8-9H,7H2,1-6H3,(H,14,17). The molecule has 0 spiro atoms. The quantitative estimate of drug-likeness (QED) is 0.624. The summed E-state index contributed by atoms with van der Waals surface area (Å²) >= 11 is 0. The Hall–Kier alpha value is -1.59. The van der Waals surface area contributed by atoms with Gasteiger partial charge in [0.15, 0.2) is 0 Å². The Labute approximate surface area is 113 Å². The van der Waals surface area contributed by atoms with Crippen LogP contribution in [0, 0.1) is 0 Å². The van der Waals surface area contributed by atoms with Crippen LogP contribution in [0.1, 0.15) is 48.0 Å². The molecular formula is C13H23NO5. The Bertz CT molecular complexity index is 338. The maximum absolute atomic E-state index is 11.8. The Balaban J connectivity index is 4.61. The first kappa shape index (κ1) is 17.4. The second kappa shape index (κ2) is 6.54. The molecule has 0 aromatic heterocycles. The molecule has 19 heavy (non-hydrogen) atoms. The number of aldehydes is 1. The van der Waals surface area contributed by atoms with Crippen molar-refractivity contribution in [1.29, 1.82) is 0 Å². The van der Waals surface area contributed by atoms with Crippen molar-refractivity contribution < 1.29 is 23.9 Å². The van der Waals surface area contributed by atoms with Gasteiger partial charge in [-0.3, -0.25) is 0 Å². The fourth-order valence-corrected chi connectivity index (χ4v) is 1.13. The molecule has 0 aromatic rings. The Kier molecular flexibility index (Phi) is 5.99. The summed E-state index contributed by atoms with van der Waals surface area (Å²) in [7, 11) is 0. The highest BCUT2D eigenvalue weighted by Crippen LogP contribution is 2.11. The number of hydrogen-bond acceptors (Lipinski definition) is 5. The number of carbonyl (C=O) groups is 3. The van der Waals surface area contributed by atoms with Crippen LogP contribution in [0.25, 0.3) is 0 Å². The normalized spacial score (nSPS) is 13.4. The summed E-state index contributed by atoms with van der Waals surface area (Å²) in [6, 6.07) is -1.04. The van der Waals surface area contributed by atoms with Crippen molar-refractivity contribution in [3.05, 3.63) is 0 Å². The lowest BCUT2D eigenvalue weighted by Gasteiger charge is -2.25. The van der Waals surface area contributed by atoms with Gasteiger partial charge in [-0.15, -0.1) is 0 Å². The first-order chi connectivity index (χ1) is 8.44. The van der Waals surface area contributed by atoms with Crippen molar-refractivity contribution in [1.82, 2.24) is 5.32 Å². The van der Waals surface area contributed by atoms with E-state index in [0.717, 1.165) is 0 Å². The van der Waals surface area contributed by atoms with E-state index in [0.29, 0.717) is 6.29 Å². The van der Waals surface area contributed by atoms with Crippen molar-refractivity contribution in [3.8, 4) is 0 Å². The zero-order chi connectivity index (χ0) is 15.3. The molecule has 1 N–H and O–H groups in total. The van der Waals surface area contributed by atoms with E-state index in [-0.39, 0.29) is 6.42 Å². The van der Waals surface area contributed by atoms with Gasteiger partial charge in [-0.2, -0.15) is 0 Å². The summed E-state index contributed by atoms with van der Waals surface area (Å²) < 4.78 is 10.1. The van der Waals surface area contributed by atoms with Crippen molar-refractivity contribution in [2.75, 3.05) is 0 Å². The summed E-state index contributed by atoms with van der Waals surface area (Å²) in [6.07, 6.45) is -0.370. The highest BCUT2D eigenvalue weighted by molar-refractivity contribution is 5.84. The number of rotatable bonds is 4. The Morgan fingerprint density at radius 2 is 1.53 bits per heavy atom. The van der Waals surface area contributed by atoms with Crippen LogP contribution in [0.15, 0.2) is 0 Å². The third-order valence-corrected chi connectivity index (χ3v) is 1.71. The maximum Gasteiger partial charge on any atom is 0.408 e. The molecule has 0 saturated heterocycles. The third kappa shape index (κ3) is 9.04. The van der Waals surface area contributed by atoms with Gasteiger partial charge < -0.3 is 19.6 Å². The minimum Gasteiger partial charge on any atom is -0.458 e. The molecule has 0 saturated carbocycles. The highest BCUT2D eigenvalue weighted by Gasteiger charge is 2.28. The fraction of sp³-hybridized carbons (Fsp3) is 0.769. The average Bonchev–Trinajstić information content (AvgIpc) is 2.10. The van der Waals surface area contributed by atoms with Gasteiger partial charge >= 0.3 is 12.1 Å². The molecule has 0 heterocycles. The number of hydrogen-bond donors (Lipinski definition) is 1. The van der Waals surface area contributed by atoms with Gasteiger partial charge in [0.05, 0.1) is 0 Å². The minimum atomic E-state index is -1.04. The maximum atomic E-state index is 11.8. The van der Waals surface area contributed by atoms with Crippen LogP contribution in [0.2, 0.25) is 0 Å². The first-order valence-corrected chi connectivity index (χ1v) is 6.10. The monoisotopic (exact) mass is 273 g/mol. The number of amides is 1. The molecule has 0 radical (unpaired) electrons. The number of esters is 1. The Morgan fingerprint density at radius 1 is 1.05 bits per heavy atom. The smallest absolute Gasteiger partial charge is 0.408 e. The first-order valence-electron chi connectivity index (χ1n) is 6.10. The second-order valence-electron chi connectivity index (χ2n) is 6.13. The third-order valence-electron chi connectivity index (χ3n) is 1.71. The summed E-state index contributed by atoms with van der Waals surface area (Å²) in [5, 5.41) is 2.33.